The maximum atomic E-state index is 4.30. The molecule has 0 aromatic carbocycles. The molecule has 80 valence electrons. The number of fused-ring (bicyclic) bond motifs is 2. The number of hydrogen-bond donors (Lipinski definition) is 0. The van der Waals surface area contributed by atoms with Gasteiger partial charge in [-0.25, -0.2) is 0 Å². The lowest BCUT2D eigenvalue weighted by molar-refractivity contribution is 0.182. The van der Waals surface area contributed by atoms with Crippen molar-refractivity contribution in [1.29, 1.82) is 0 Å². The molecular weight excluding hydrogens is 168 g/mol. The number of hydrogen-bond acceptors (Lipinski definition) is 0. The summed E-state index contributed by atoms with van der Waals surface area (Å²) >= 11 is 0. The van der Waals surface area contributed by atoms with Gasteiger partial charge in [0.15, 0.2) is 0 Å². The van der Waals surface area contributed by atoms with Crippen LogP contribution in [0.4, 0.5) is 0 Å². The topological polar surface area (TPSA) is 0 Å². The van der Waals surface area contributed by atoms with Crippen LogP contribution < -0.4 is 0 Å². The molecule has 0 heterocycles. The van der Waals surface area contributed by atoms with Gasteiger partial charge in [0.1, 0.15) is 0 Å². The monoisotopic (exact) mass is 192 g/mol. The minimum atomic E-state index is 0.433. The quantitative estimate of drug-likeness (QED) is 0.573. The Morgan fingerprint density at radius 2 is 2.00 bits per heavy atom. The van der Waals surface area contributed by atoms with Crippen LogP contribution in [0, 0.1) is 29.1 Å². The molecule has 2 saturated carbocycles. The summed E-state index contributed by atoms with van der Waals surface area (Å²) in [6.45, 7) is 13.8. The zero-order chi connectivity index (χ0) is 10.5. The fourth-order valence-corrected chi connectivity index (χ4v) is 3.92. The van der Waals surface area contributed by atoms with Crippen LogP contribution in [-0.4, -0.2) is 0 Å². The highest BCUT2D eigenvalue weighted by Crippen LogP contribution is 2.61. The Morgan fingerprint density at radius 1 is 1.36 bits per heavy atom. The number of rotatable bonds is 2. The maximum absolute atomic E-state index is 4.30. The van der Waals surface area contributed by atoms with Crippen LogP contribution in [0.15, 0.2) is 12.2 Å². The van der Waals surface area contributed by atoms with Gasteiger partial charge < -0.3 is 0 Å². The molecule has 2 aliphatic carbocycles. The summed E-state index contributed by atoms with van der Waals surface area (Å²) in [4.78, 5) is 0. The fraction of sp³-hybridized carbons (Fsp3) is 0.857. The summed E-state index contributed by atoms with van der Waals surface area (Å²) in [5, 5.41) is 0. The van der Waals surface area contributed by atoms with Crippen LogP contribution in [0.25, 0.3) is 0 Å². The van der Waals surface area contributed by atoms with E-state index in [-0.39, 0.29) is 0 Å². The molecule has 3 atom stereocenters. The third-order valence-electron chi connectivity index (χ3n) is 4.72. The zero-order valence-corrected chi connectivity index (χ0v) is 10.1. The third kappa shape index (κ3) is 1.34. The van der Waals surface area contributed by atoms with E-state index in [1.807, 2.05) is 0 Å². The van der Waals surface area contributed by atoms with Crippen molar-refractivity contribution in [1.82, 2.24) is 0 Å². The van der Waals surface area contributed by atoms with E-state index in [1.54, 1.807) is 5.57 Å². The van der Waals surface area contributed by atoms with Gasteiger partial charge in [-0.1, -0.05) is 39.8 Å². The van der Waals surface area contributed by atoms with Crippen molar-refractivity contribution in [2.24, 2.45) is 29.1 Å². The standard InChI is InChI=1S/C14H24/c1-9(2)6-12-7-11-8-13(12)14(4,5)10(11)3/h9,11-13H,3,6-8H2,1-2,4-5H3. The lowest BCUT2D eigenvalue weighted by Gasteiger charge is -2.38. The SMILES string of the molecule is C=C1C2CC(CC(C)C)C(C2)C1(C)C. The zero-order valence-electron chi connectivity index (χ0n) is 10.1. The summed E-state index contributed by atoms with van der Waals surface area (Å²) in [5.41, 5.74) is 1.98. The van der Waals surface area contributed by atoms with Crippen LogP contribution >= 0.6 is 0 Å². The average molecular weight is 192 g/mol. The van der Waals surface area contributed by atoms with E-state index in [0.29, 0.717) is 5.41 Å². The fourth-order valence-electron chi connectivity index (χ4n) is 3.92. The van der Waals surface area contributed by atoms with E-state index in [2.05, 4.69) is 34.3 Å². The van der Waals surface area contributed by atoms with Crippen LogP contribution in [0.2, 0.25) is 0 Å². The molecule has 2 bridgehead atoms. The first-order valence-corrected chi connectivity index (χ1v) is 6.12. The first-order chi connectivity index (χ1) is 6.43. The predicted octanol–water partition coefficient (Wildman–Crippen LogP) is 4.27. The number of allylic oxidation sites excluding steroid dienone is 1. The second kappa shape index (κ2) is 3.12. The van der Waals surface area contributed by atoms with E-state index < -0.39 is 0 Å². The Morgan fingerprint density at radius 3 is 2.43 bits per heavy atom. The molecule has 2 rings (SSSR count). The first kappa shape index (κ1) is 10.3. The third-order valence-corrected chi connectivity index (χ3v) is 4.72. The Labute approximate surface area is 88.8 Å². The van der Waals surface area contributed by atoms with E-state index >= 15 is 0 Å². The molecule has 14 heavy (non-hydrogen) atoms. The lowest BCUT2D eigenvalue weighted by atomic mass is 9.67. The first-order valence-electron chi connectivity index (χ1n) is 6.12. The Balaban J connectivity index is 2.12. The van der Waals surface area contributed by atoms with E-state index in [9.17, 15) is 0 Å². The molecule has 0 amide bonds. The molecule has 0 N–H and O–H groups in total. The Hall–Kier alpha value is -0.260. The highest BCUT2D eigenvalue weighted by Gasteiger charge is 2.52. The van der Waals surface area contributed by atoms with Gasteiger partial charge >= 0.3 is 0 Å². The molecule has 0 saturated heterocycles. The smallest absolute Gasteiger partial charge is 0.0113 e. The largest absolute Gasteiger partial charge is 0.0990 e. The molecule has 0 radical (unpaired) electrons. The van der Waals surface area contributed by atoms with Gasteiger partial charge in [0.2, 0.25) is 0 Å². The van der Waals surface area contributed by atoms with Gasteiger partial charge in [-0.2, -0.15) is 0 Å². The minimum Gasteiger partial charge on any atom is -0.0990 e. The lowest BCUT2D eigenvalue weighted by Crippen LogP contribution is -2.29. The predicted molar refractivity (Wildman–Crippen MR) is 62.1 cm³/mol. The van der Waals surface area contributed by atoms with Crippen molar-refractivity contribution in [3.8, 4) is 0 Å². The summed E-state index contributed by atoms with van der Waals surface area (Å²) in [6.07, 6.45) is 4.30. The second-order valence-electron chi connectivity index (χ2n) is 6.41. The molecule has 3 unspecified atom stereocenters. The average Bonchev–Trinajstić information content (AvgIpc) is 2.52. The van der Waals surface area contributed by atoms with Crippen LogP contribution in [-0.2, 0) is 0 Å². The van der Waals surface area contributed by atoms with Crippen molar-refractivity contribution in [2.75, 3.05) is 0 Å². The van der Waals surface area contributed by atoms with Gasteiger partial charge in [-0.15, -0.1) is 0 Å². The molecule has 0 heteroatoms. The molecular formula is C14H24. The van der Waals surface area contributed by atoms with Crippen LogP contribution in [0.1, 0.15) is 47.0 Å². The van der Waals surface area contributed by atoms with Crippen LogP contribution in [0.3, 0.4) is 0 Å². The molecule has 0 nitrogen and oxygen atoms in total. The highest BCUT2D eigenvalue weighted by atomic mass is 14.6. The Bertz CT molecular complexity index is 247. The molecule has 0 spiro atoms. The van der Waals surface area contributed by atoms with Gasteiger partial charge in [-0.3, -0.25) is 0 Å². The van der Waals surface area contributed by atoms with Crippen molar-refractivity contribution in [3.05, 3.63) is 12.2 Å². The summed E-state index contributed by atoms with van der Waals surface area (Å²) in [5.74, 6) is 3.64. The van der Waals surface area contributed by atoms with Crippen molar-refractivity contribution >= 4 is 0 Å². The van der Waals surface area contributed by atoms with Gasteiger partial charge in [0.05, 0.1) is 0 Å². The molecule has 0 aromatic rings. The minimum absolute atomic E-state index is 0.433. The molecule has 0 aliphatic heterocycles. The van der Waals surface area contributed by atoms with E-state index in [0.717, 1.165) is 23.7 Å². The molecule has 0 aromatic heterocycles. The molecule has 2 aliphatic rings. The summed E-state index contributed by atoms with van der Waals surface area (Å²) in [7, 11) is 0. The summed E-state index contributed by atoms with van der Waals surface area (Å²) < 4.78 is 0. The second-order valence-corrected chi connectivity index (χ2v) is 6.41. The summed E-state index contributed by atoms with van der Waals surface area (Å²) in [6, 6.07) is 0. The van der Waals surface area contributed by atoms with Crippen LogP contribution in [0.5, 0.6) is 0 Å². The highest BCUT2D eigenvalue weighted by molar-refractivity contribution is 5.24. The van der Waals surface area contributed by atoms with Crippen molar-refractivity contribution in [2.45, 2.75) is 47.0 Å². The van der Waals surface area contributed by atoms with Gasteiger partial charge in [0.25, 0.3) is 0 Å². The van der Waals surface area contributed by atoms with Crippen molar-refractivity contribution < 1.29 is 0 Å². The van der Waals surface area contributed by atoms with Gasteiger partial charge in [-0.05, 0) is 48.3 Å². The van der Waals surface area contributed by atoms with Crippen molar-refractivity contribution in [3.63, 3.8) is 0 Å². The normalized spacial score (nSPS) is 39.8. The molecule has 2 fully saturated rings. The maximum Gasteiger partial charge on any atom is -0.0113 e. The van der Waals surface area contributed by atoms with E-state index in [1.165, 1.54) is 19.3 Å². The Kier molecular flexibility index (Phi) is 2.28. The van der Waals surface area contributed by atoms with E-state index in [4.69, 9.17) is 0 Å². The van der Waals surface area contributed by atoms with Gasteiger partial charge in [0, 0.05) is 0 Å².